The molecule has 2 aromatic heterocycles. The fourth-order valence-corrected chi connectivity index (χ4v) is 2.05. The van der Waals surface area contributed by atoms with Gasteiger partial charge in [-0.2, -0.15) is 5.10 Å². The van der Waals surface area contributed by atoms with E-state index in [1.807, 2.05) is 13.8 Å². The number of carbonyl (C=O) groups excluding carboxylic acids is 3. The maximum Gasteiger partial charge on any atom is 0.355 e. The van der Waals surface area contributed by atoms with Crippen molar-refractivity contribution >= 4 is 23.5 Å². The number of H-pyrrole nitrogens is 1. The third-order valence-electron chi connectivity index (χ3n) is 3.37. The molecular formula is C16H20N4O4. The average molecular weight is 332 g/mol. The monoisotopic (exact) mass is 332 g/mol. The Morgan fingerprint density at radius 2 is 2.00 bits per heavy atom. The Kier molecular flexibility index (Phi) is 5.18. The number of amides is 1. The van der Waals surface area contributed by atoms with Crippen LogP contribution in [-0.2, 0) is 9.53 Å². The number of nitrogens with zero attached hydrogens (tertiary/aromatic N) is 2. The molecular weight excluding hydrogens is 312 g/mol. The van der Waals surface area contributed by atoms with E-state index in [1.54, 1.807) is 16.9 Å². The van der Waals surface area contributed by atoms with Crippen LogP contribution in [0.15, 0.2) is 24.5 Å². The molecule has 2 heterocycles. The van der Waals surface area contributed by atoms with Crippen LogP contribution in [0.25, 0.3) is 0 Å². The average Bonchev–Trinajstić information content (AvgIpc) is 3.15. The zero-order chi connectivity index (χ0) is 17.9. The Labute approximate surface area is 139 Å². The fraction of sp³-hybridized carbons (Fsp3) is 0.375. The third-order valence-corrected chi connectivity index (χ3v) is 3.37. The first-order chi connectivity index (χ1) is 11.3. The van der Waals surface area contributed by atoms with Crippen LogP contribution in [-0.4, -0.2) is 38.5 Å². The van der Waals surface area contributed by atoms with Crippen molar-refractivity contribution in [2.45, 2.75) is 39.8 Å². The van der Waals surface area contributed by atoms with Crippen molar-refractivity contribution in [2.75, 3.05) is 5.32 Å². The molecule has 0 aliphatic rings. The summed E-state index contributed by atoms with van der Waals surface area (Å²) in [5, 5.41) is 6.79. The summed E-state index contributed by atoms with van der Waals surface area (Å²) in [7, 11) is 0. The van der Waals surface area contributed by atoms with Crippen LogP contribution in [0.3, 0.4) is 0 Å². The number of anilines is 1. The van der Waals surface area contributed by atoms with Gasteiger partial charge in [0.25, 0.3) is 5.91 Å². The minimum Gasteiger partial charge on any atom is -0.448 e. The molecule has 0 bridgehead atoms. The molecule has 2 N–H and O–H groups in total. The van der Waals surface area contributed by atoms with Crippen molar-refractivity contribution in [1.82, 2.24) is 14.8 Å². The van der Waals surface area contributed by atoms with Gasteiger partial charge < -0.3 is 15.0 Å². The summed E-state index contributed by atoms with van der Waals surface area (Å²) in [6, 6.07) is 3.14. The minimum atomic E-state index is -1.00. The number of aromatic amines is 1. The maximum absolute atomic E-state index is 12.2. The van der Waals surface area contributed by atoms with Crippen molar-refractivity contribution in [3.05, 3.63) is 35.8 Å². The number of carbonyl (C=O) groups is 3. The number of ether oxygens (including phenoxy) is 1. The molecule has 0 spiro atoms. The second-order valence-electron chi connectivity index (χ2n) is 5.65. The summed E-state index contributed by atoms with van der Waals surface area (Å²) in [5.41, 5.74) is 0.493. The lowest BCUT2D eigenvalue weighted by atomic mass is 10.2. The maximum atomic E-state index is 12.2. The van der Waals surface area contributed by atoms with Crippen molar-refractivity contribution in [2.24, 2.45) is 0 Å². The van der Waals surface area contributed by atoms with E-state index in [4.69, 9.17) is 4.74 Å². The lowest BCUT2D eigenvalue weighted by Gasteiger charge is -2.15. The zero-order valence-electron chi connectivity index (χ0n) is 14.0. The van der Waals surface area contributed by atoms with Gasteiger partial charge in [-0.25, -0.2) is 9.48 Å². The van der Waals surface area contributed by atoms with E-state index in [0.29, 0.717) is 11.4 Å². The Balaban J connectivity index is 1.99. The van der Waals surface area contributed by atoms with Crippen LogP contribution in [0.2, 0.25) is 0 Å². The normalized spacial score (nSPS) is 12.0. The topological polar surface area (TPSA) is 106 Å². The second kappa shape index (κ2) is 7.12. The van der Waals surface area contributed by atoms with Crippen molar-refractivity contribution in [3.8, 4) is 0 Å². The zero-order valence-corrected chi connectivity index (χ0v) is 14.0. The van der Waals surface area contributed by atoms with E-state index >= 15 is 0 Å². The van der Waals surface area contributed by atoms with E-state index in [-0.39, 0.29) is 17.5 Å². The van der Waals surface area contributed by atoms with Gasteiger partial charge in [0.15, 0.2) is 11.9 Å². The molecule has 0 aliphatic heterocycles. The smallest absolute Gasteiger partial charge is 0.355 e. The van der Waals surface area contributed by atoms with E-state index in [9.17, 15) is 14.4 Å². The molecule has 0 saturated heterocycles. The van der Waals surface area contributed by atoms with Gasteiger partial charge in [0.05, 0.1) is 6.20 Å². The van der Waals surface area contributed by atoms with Gasteiger partial charge in [0.2, 0.25) is 0 Å². The van der Waals surface area contributed by atoms with Gasteiger partial charge in [-0.3, -0.25) is 9.59 Å². The summed E-state index contributed by atoms with van der Waals surface area (Å²) in [4.78, 5) is 38.1. The standard InChI is InChI=1S/C16H20N4O4/c1-9(2)20-14(5-6-18-20)19-15(22)11(4)24-16(23)13-7-12(8-17-13)10(3)21/h5-9,11,17H,1-4H3,(H,19,22)/t11-/m0/s1. The molecule has 0 fully saturated rings. The first-order valence-corrected chi connectivity index (χ1v) is 7.54. The van der Waals surface area contributed by atoms with Gasteiger partial charge in [-0.15, -0.1) is 0 Å². The Morgan fingerprint density at radius 1 is 1.29 bits per heavy atom. The number of aromatic nitrogens is 3. The van der Waals surface area contributed by atoms with Crippen molar-refractivity contribution in [1.29, 1.82) is 0 Å². The molecule has 128 valence electrons. The highest BCUT2D eigenvalue weighted by Crippen LogP contribution is 2.14. The lowest BCUT2D eigenvalue weighted by molar-refractivity contribution is -0.123. The molecule has 24 heavy (non-hydrogen) atoms. The van der Waals surface area contributed by atoms with Gasteiger partial charge in [-0.05, 0) is 33.8 Å². The SMILES string of the molecule is CC(=O)c1c[nH]c(C(=O)O[C@@H](C)C(=O)Nc2ccnn2C(C)C)c1. The van der Waals surface area contributed by atoms with Gasteiger partial charge in [0, 0.05) is 23.9 Å². The quantitative estimate of drug-likeness (QED) is 0.623. The van der Waals surface area contributed by atoms with Crippen LogP contribution in [0.5, 0.6) is 0 Å². The Bertz CT molecular complexity index is 760. The lowest BCUT2D eigenvalue weighted by Crippen LogP contribution is -2.31. The summed E-state index contributed by atoms with van der Waals surface area (Å²) in [6.45, 7) is 6.73. The minimum absolute atomic E-state index is 0.0806. The highest BCUT2D eigenvalue weighted by molar-refractivity contribution is 5.99. The van der Waals surface area contributed by atoms with Gasteiger partial charge in [-0.1, -0.05) is 0 Å². The molecule has 1 atom stereocenters. The number of hydrogen-bond acceptors (Lipinski definition) is 5. The third kappa shape index (κ3) is 3.89. The molecule has 0 aromatic carbocycles. The molecule has 8 nitrogen and oxygen atoms in total. The molecule has 2 aromatic rings. The predicted molar refractivity (Wildman–Crippen MR) is 86.9 cm³/mol. The molecule has 0 radical (unpaired) electrons. The molecule has 2 rings (SSSR count). The summed E-state index contributed by atoms with van der Waals surface area (Å²) in [6.07, 6.45) is 2.00. The van der Waals surface area contributed by atoms with Crippen LogP contribution in [0.4, 0.5) is 5.82 Å². The number of rotatable bonds is 6. The Hall–Kier alpha value is -2.90. The van der Waals surface area contributed by atoms with Crippen LogP contribution in [0.1, 0.15) is 54.6 Å². The van der Waals surface area contributed by atoms with Crippen LogP contribution in [0, 0.1) is 0 Å². The van der Waals surface area contributed by atoms with Gasteiger partial charge >= 0.3 is 5.97 Å². The molecule has 0 aliphatic carbocycles. The highest BCUT2D eigenvalue weighted by Gasteiger charge is 2.21. The van der Waals surface area contributed by atoms with E-state index in [2.05, 4.69) is 15.4 Å². The number of esters is 1. The van der Waals surface area contributed by atoms with E-state index < -0.39 is 18.0 Å². The molecule has 0 saturated carbocycles. The first-order valence-electron chi connectivity index (χ1n) is 7.54. The number of nitrogens with one attached hydrogen (secondary N) is 2. The highest BCUT2D eigenvalue weighted by atomic mass is 16.5. The van der Waals surface area contributed by atoms with Gasteiger partial charge in [0.1, 0.15) is 11.5 Å². The van der Waals surface area contributed by atoms with Crippen molar-refractivity contribution < 1.29 is 19.1 Å². The predicted octanol–water partition coefficient (Wildman–Crippen LogP) is 2.18. The molecule has 1 amide bonds. The first kappa shape index (κ1) is 17.5. The largest absolute Gasteiger partial charge is 0.448 e. The van der Waals surface area contributed by atoms with E-state index in [0.717, 1.165) is 0 Å². The molecule has 8 heteroatoms. The van der Waals surface area contributed by atoms with Crippen molar-refractivity contribution in [3.63, 3.8) is 0 Å². The summed E-state index contributed by atoms with van der Waals surface area (Å²) < 4.78 is 6.77. The van der Waals surface area contributed by atoms with E-state index in [1.165, 1.54) is 26.1 Å². The number of Topliss-reactive ketones (excluding diaryl/α,β-unsaturated/α-hetero) is 1. The molecule has 0 unspecified atom stereocenters. The number of hydrogen-bond donors (Lipinski definition) is 2. The second-order valence-corrected chi connectivity index (χ2v) is 5.65. The Morgan fingerprint density at radius 3 is 2.58 bits per heavy atom. The van der Waals surface area contributed by atoms with Crippen LogP contribution >= 0.6 is 0 Å². The fourth-order valence-electron chi connectivity index (χ4n) is 2.05. The number of ketones is 1. The van der Waals surface area contributed by atoms with Crippen LogP contribution < -0.4 is 5.32 Å². The summed E-state index contributed by atoms with van der Waals surface area (Å²) in [5.74, 6) is -0.818. The summed E-state index contributed by atoms with van der Waals surface area (Å²) >= 11 is 0.